The van der Waals surface area contributed by atoms with E-state index in [9.17, 15) is 0 Å². The van der Waals surface area contributed by atoms with Crippen molar-refractivity contribution in [2.24, 2.45) is 0 Å². The summed E-state index contributed by atoms with van der Waals surface area (Å²) in [4.78, 5) is 0. The zero-order valence-corrected chi connectivity index (χ0v) is 7.72. The second-order valence-electron chi connectivity index (χ2n) is 3.47. The molecule has 2 heteroatoms. The lowest BCUT2D eigenvalue weighted by atomic mass is 9.94. The summed E-state index contributed by atoms with van der Waals surface area (Å²) in [5.41, 5.74) is 4.75. The molecule has 66 valence electrons. The molecule has 0 aromatic heterocycles. The first-order valence-electron chi connectivity index (χ1n) is 4.54. The molecule has 0 fully saturated rings. The van der Waals surface area contributed by atoms with Gasteiger partial charge in [0.25, 0.3) is 0 Å². The van der Waals surface area contributed by atoms with Crippen LogP contribution in [0, 0.1) is 18.3 Å². The van der Waals surface area contributed by atoms with E-state index in [1.165, 1.54) is 16.7 Å². The Hall–Kier alpha value is -1.33. The van der Waals surface area contributed by atoms with Gasteiger partial charge in [0.1, 0.15) is 0 Å². The van der Waals surface area contributed by atoms with Crippen LogP contribution in [0.3, 0.4) is 0 Å². The third-order valence-corrected chi connectivity index (χ3v) is 2.57. The molecule has 2 rings (SSSR count). The van der Waals surface area contributed by atoms with Crippen molar-refractivity contribution in [3.63, 3.8) is 0 Å². The molecule has 1 aromatic rings. The molecule has 0 saturated heterocycles. The van der Waals surface area contributed by atoms with Gasteiger partial charge in [0.2, 0.25) is 0 Å². The number of fused-ring (bicyclic) bond motifs is 1. The van der Waals surface area contributed by atoms with Crippen LogP contribution >= 0.6 is 0 Å². The highest BCUT2D eigenvalue weighted by Gasteiger charge is 2.11. The average Bonchev–Trinajstić information content (AvgIpc) is 2.18. The number of nitrogens with zero attached hydrogens (tertiary/aromatic N) is 1. The van der Waals surface area contributed by atoms with Crippen LogP contribution in [0.25, 0.3) is 0 Å². The molecule has 0 radical (unpaired) electrons. The van der Waals surface area contributed by atoms with Crippen molar-refractivity contribution in [1.29, 1.82) is 5.26 Å². The highest BCUT2D eigenvalue weighted by molar-refractivity contribution is 5.44. The molecule has 0 spiro atoms. The Labute approximate surface area is 78.2 Å². The van der Waals surface area contributed by atoms with E-state index < -0.39 is 0 Å². The quantitative estimate of drug-likeness (QED) is 0.644. The largest absolute Gasteiger partial charge is 0.312 e. The SMILES string of the molecule is Cc1cc(C#N)cc2c1CNCC2. The number of benzene rings is 1. The van der Waals surface area contributed by atoms with Crippen LogP contribution in [-0.4, -0.2) is 6.54 Å². The molecule has 0 aliphatic carbocycles. The molecule has 1 aliphatic heterocycles. The summed E-state index contributed by atoms with van der Waals surface area (Å²) in [6.45, 7) is 4.06. The van der Waals surface area contributed by atoms with Gasteiger partial charge in [-0.25, -0.2) is 0 Å². The van der Waals surface area contributed by atoms with Crippen molar-refractivity contribution in [3.05, 3.63) is 34.4 Å². The van der Waals surface area contributed by atoms with Crippen LogP contribution in [0.2, 0.25) is 0 Å². The van der Waals surface area contributed by atoms with Gasteiger partial charge in [-0.1, -0.05) is 0 Å². The minimum absolute atomic E-state index is 0.790. The fourth-order valence-corrected chi connectivity index (χ4v) is 1.87. The van der Waals surface area contributed by atoms with Gasteiger partial charge in [-0.15, -0.1) is 0 Å². The summed E-state index contributed by atoms with van der Waals surface area (Å²) in [6.07, 6.45) is 1.05. The Balaban J connectivity index is 2.54. The van der Waals surface area contributed by atoms with Crippen molar-refractivity contribution in [3.8, 4) is 6.07 Å². The van der Waals surface area contributed by atoms with Crippen LogP contribution in [0.15, 0.2) is 12.1 Å². The standard InChI is InChI=1S/C11H12N2/c1-8-4-9(6-12)5-10-2-3-13-7-11(8)10/h4-5,13H,2-3,7H2,1H3. The van der Waals surface area contributed by atoms with Gasteiger partial charge in [-0.2, -0.15) is 5.26 Å². The van der Waals surface area contributed by atoms with Gasteiger partial charge in [0.05, 0.1) is 11.6 Å². The van der Waals surface area contributed by atoms with Gasteiger partial charge in [-0.05, 0) is 48.7 Å². The Kier molecular flexibility index (Phi) is 2.03. The second kappa shape index (κ2) is 3.20. The molecule has 1 aliphatic rings. The van der Waals surface area contributed by atoms with Crippen LogP contribution in [0.1, 0.15) is 22.3 Å². The number of nitrogens with one attached hydrogen (secondary N) is 1. The van der Waals surface area contributed by atoms with E-state index in [1.807, 2.05) is 12.1 Å². The molecule has 1 aromatic carbocycles. The Morgan fingerprint density at radius 2 is 2.31 bits per heavy atom. The minimum atomic E-state index is 0.790. The summed E-state index contributed by atoms with van der Waals surface area (Å²) in [5.74, 6) is 0. The Morgan fingerprint density at radius 3 is 3.08 bits per heavy atom. The van der Waals surface area contributed by atoms with Crippen LogP contribution in [-0.2, 0) is 13.0 Å². The fourth-order valence-electron chi connectivity index (χ4n) is 1.87. The monoisotopic (exact) mass is 172 g/mol. The van der Waals surface area contributed by atoms with E-state index in [1.54, 1.807) is 0 Å². The first-order valence-corrected chi connectivity index (χ1v) is 4.54. The van der Waals surface area contributed by atoms with E-state index in [0.717, 1.165) is 25.1 Å². The maximum atomic E-state index is 8.80. The maximum Gasteiger partial charge on any atom is 0.0991 e. The van der Waals surface area contributed by atoms with Crippen molar-refractivity contribution in [2.45, 2.75) is 19.9 Å². The van der Waals surface area contributed by atoms with Crippen molar-refractivity contribution in [2.75, 3.05) is 6.54 Å². The Bertz CT molecular complexity index is 374. The van der Waals surface area contributed by atoms with Crippen LogP contribution < -0.4 is 5.32 Å². The first kappa shape index (κ1) is 8.28. The topological polar surface area (TPSA) is 35.8 Å². The third kappa shape index (κ3) is 1.43. The maximum absolute atomic E-state index is 8.80. The van der Waals surface area contributed by atoms with E-state index in [0.29, 0.717) is 0 Å². The van der Waals surface area contributed by atoms with E-state index in [2.05, 4.69) is 18.3 Å². The van der Waals surface area contributed by atoms with E-state index in [-0.39, 0.29) is 0 Å². The van der Waals surface area contributed by atoms with Gasteiger partial charge < -0.3 is 5.32 Å². The lowest BCUT2D eigenvalue weighted by Crippen LogP contribution is -2.24. The molecule has 0 amide bonds. The number of hydrogen-bond donors (Lipinski definition) is 1. The van der Waals surface area contributed by atoms with Crippen molar-refractivity contribution >= 4 is 0 Å². The normalized spacial score (nSPS) is 14.8. The molecular formula is C11H12N2. The van der Waals surface area contributed by atoms with E-state index >= 15 is 0 Å². The summed E-state index contributed by atoms with van der Waals surface area (Å²) in [6, 6.07) is 6.18. The first-order chi connectivity index (χ1) is 6.31. The molecular weight excluding hydrogens is 160 g/mol. The summed E-state index contributed by atoms with van der Waals surface area (Å²) < 4.78 is 0. The van der Waals surface area contributed by atoms with Crippen molar-refractivity contribution in [1.82, 2.24) is 5.32 Å². The van der Waals surface area contributed by atoms with Gasteiger partial charge in [-0.3, -0.25) is 0 Å². The minimum Gasteiger partial charge on any atom is -0.312 e. The van der Waals surface area contributed by atoms with Gasteiger partial charge in [0.15, 0.2) is 0 Å². The molecule has 13 heavy (non-hydrogen) atoms. The van der Waals surface area contributed by atoms with E-state index in [4.69, 9.17) is 5.26 Å². The number of hydrogen-bond acceptors (Lipinski definition) is 2. The van der Waals surface area contributed by atoms with Crippen molar-refractivity contribution < 1.29 is 0 Å². The van der Waals surface area contributed by atoms with Gasteiger partial charge in [0, 0.05) is 6.54 Å². The lowest BCUT2D eigenvalue weighted by molar-refractivity contribution is 0.640. The smallest absolute Gasteiger partial charge is 0.0991 e. The summed E-state index contributed by atoms with van der Waals surface area (Å²) in [5, 5.41) is 12.1. The van der Waals surface area contributed by atoms with Crippen LogP contribution in [0.4, 0.5) is 0 Å². The predicted octanol–water partition coefficient (Wildman–Crippen LogP) is 1.51. The highest BCUT2D eigenvalue weighted by atomic mass is 14.9. The molecule has 1 heterocycles. The van der Waals surface area contributed by atoms with Gasteiger partial charge >= 0.3 is 0 Å². The predicted molar refractivity (Wildman–Crippen MR) is 51.3 cm³/mol. The molecule has 0 bridgehead atoms. The third-order valence-electron chi connectivity index (χ3n) is 2.57. The number of aryl methyl sites for hydroxylation is 1. The zero-order valence-electron chi connectivity index (χ0n) is 7.72. The Morgan fingerprint density at radius 1 is 1.46 bits per heavy atom. The average molecular weight is 172 g/mol. The molecule has 2 nitrogen and oxygen atoms in total. The molecule has 0 unspecified atom stereocenters. The zero-order chi connectivity index (χ0) is 9.26. The number of rotatable bonds is 0. The number of nitriles is 1. The molecule has 1 N–H and O–H groups in total. The molecule has 0 saturated carbocycles. The summed E-state index contributed by atoms with van der Waals surface area (Å²) in [7, 11) is 0. The second-order valence-corrected chi connectivity index (χ2v) is 3.47. The summed E-state index contributed by atoms with van der Waals surface area (Å²) >= 11 is 0. The molecule has 0 atom stereocenters. The van der Waals surface area contributed by atoms with Crippen LogP contribution in [0.5, 0.6) is 0 Å². The fraction of sp³-hybridized carbons (Fsp3) is 0.364. The highest BCUT2D eigenvalue weighted by Crippen LogP contribution is 2.19. The lowest BCUT2D eigenvalue weighted by Gasteiger charge is -2.19.